The van der Waals surface area contributed by atoms with E-state index in [-0.39, 0.29) is 16.9 Å². The number of primary amides is 1. The number of aromatic nitrogens is 2. The number of carbonyl (C=O) groups excluding carboxylic acids is 2. The van der Waals surface area contributed by atoms with Gasteiger partial charge in [0.15, 0.2) is 10.8 Å². The molecule has 0 bridgehead atoms. The van der Waals surface area contributed by atoms with E-state index in [1.807, 2.05) is 6.07 Å². The molecule has 0 aliphatic carbocycles. The van der Waals surface area contributed by atoms with Crippen LogP contribution in [0.2, 0.25) is 0 Å². The van der Waals surface area contributed by atoms with Crippen LogP contribution in [0.25, 0.3) is 10.9 Å². The molecule has 0 fully saturated rings. The van der Waals surface area contributed by atoms with Crippen molar-refractivity contribution in [1.82, 2.24) is 9.36 Å². The van der Waals surface area contributed by atoms with Crippen molar-refractivity contribution in [1.29, 1.82) is 5.26 Å². The van der Waals surface area contributed by atoms with Crippen LogP contribution in [-0.4, -0.2) is 26.3 Å². The summed E-state index contributed by atoms with van der Waals surface area (Å²) in [6.07, 6.45) is 2.92. The zero-order chi connectivity index (χ0) is 19.6. The molecule has 3 rings (SSSR count). The summed E-state index contributed by atoms with van der Waals surface area (Å²) in [4.78, 5) is 26.8. The Labute approximate surface area is 156 Å². The van der Waals surface area contributed by atoms with E-state index in [1.54, 1.807) is 0 Å². The lowest BCUT2D eigenvalue weighted by Crippen LogP contribution is -2.13. The smallest absolute Gasteiger partial charge is 0.252 e. The minimum Gasteiger partial charge on any atom is -0.505 e. The SMILES string of the molecule is CC(=O)Nc1cc(/N=N/c2snc3c(C#N)cncc23)cc(C(N)=O)c1O. The fraction of sp³-hybridized carbons (Fsp3) is 0.0625. The predicted molar refractivity (Wildman–Crippen MR) is 97.2 cm³/mol. The molecular formula is C16H11N7O3S. The van der Waals surface area contributed by atoms with Crippen molar-refractivity contribution in [3.05, 3.63) is 35.7 Å². The number of benzene rings is 1. The van der Waals surface area contributed by atoms with Crippen LogP contribution in [0.5, 0.6) is 5.75 Å². The molecule has 0 saturated heterocycles. The Morgan fingerprint density at radius 1 is 1.33 bits per heavy atom. The molecule has 4 N–H and O–H groups in total. The number of carbonyl (C=O) groups is 2. The van der Waals surface area contributed by atoms with Gasteiger partial charge in [-0.25, -0.2) is 0 Å². The topological polar surface area (TPSA) is 167 Å². The first-order valence-corrected chi connectivity index (χ1v) is 8.17. The van der Waals surface area contributed by atoms with Crippen LogP contribution in [0.4, 0.5) is 16.4 Å². The molecule has 3 aromatic rings. The lowest BCUT2D eigenvalue weighted by atomic mass is 10.1. The Hall–Kier alpha value is -3.91. The molecule has 0 atom stereocenters. The molecule has 0 saturated carbocycles. The molecule has 0 spiro atoms. The summed E-state index contributed by atoms with van der Waals surface area (Å²) in [5.41, 5.74) is 5.98. The fourth-order valence-corrected chi connectivity index (χ4v) is 2.95. The number of amides is 2. The highest BCUT2D eigenvalue weighted by molar-refractivity contribution is 7.11. The average Bonchev–Trinajstić information content (AvgIpc) is 3.04. The maximum atomic E-state index is 11.5. The second kappa shape index (κ2) is 7.14. The van der Waals surface area contributed by atoms with Crippen LogP contribution in [-0.2, 0) is 4.79 Å². The molecule has 1 aromatic carbocycles. The van der Waals surface area contributed by atoms with Crippen molar-refractivity contribution in [2.45, 2.75) is 6.92 Å². The van der Waals surface area contributed by atoms with Gasteiger partial charge in [-0.05, 0) is 23.7 Å². The number of pyridine rings is 1. The third-order valence-corrected chi connectivity index (χ3v) is 4.17. The Bertz CT molecular complexity index is 1150. The van der Waals surface area contributed by atoms with Crippen molar-refractivity contribution >= 4 is 50.6 Å². The summed E-state index contributed by atoms with van der Waals surface area (Å²) < 4.78 is 4.17. The Morgan fingerprint density at radius 3 is 2.78 bits per heavy atom. The van der Waals surface area contributed by atoms with E-state index >= 15 is 0 Å². The third-order valence-electron chi connectivity index (χ3n) is 3.42. The number of nitrogens with two attached hydrogens (primary N) is 1. The lowest BCUT2D eigenvalue weighted by Gasteiger charge is -2.09. The van der Waals surface area contributed by atoms with E-state index in [9.17, 15) is 14.7 Å². The Kier molecular flexibility index (Phi) is 4.73. The van der Waals surface area contributed by atoms with Gasteiger partial charge >= 0.3 is 0 Å². The van der Waals surface area contributed by atoms with Gasteiger partial charge in [-0.2, -0.15) is 9.64 Å². The summed E-state index contributed by atoms with van der Waals surface area (Å²) in [5.74, 6) is -1.79. The van der Waals surface area contributed by atoms with Crippen molar-refractivity contribution < 1.29 is 14.7 Å². The molecular weight excluding hydrogens is 370 g/mol. The quantitative estimate of drug-likeness (QED) is 0.464. The van der Waals surface area contributed by atoms with Gasteiger partial charge in [0, 0.05) is 19.3 Å². The van der Waals surface area contributed by atoms with Gasteiger partial charge in [0.2, 0.25) is 5.91 Å². The van der Waals surface area contributed by atoms with Crippen LogP contribution in [0, 0.1) is 11.3 Å². The van der Waals surface area contributed by atoms with Gasteiger partial charge in [0.05, 0.1) is 27.9 Å². The normalized spacial score (nSPS) is 10.8. The molecule has 2 heterocycles. The highest BCUT2D eigenvalue weighted by atomic mass is 32.1. The van der Waals surface area contributed by atoms with Crippen molar-refractivity contribution in [2.24, 2.45) is 16.0 Å². The number of phenols is 1. The molecule has 0 aliphatic heterocycles. The second-order valence-corrected chi connectivity index (χ2v) is 6.07. The highest BCUT2D eigenvalue weighted by Gasteiger charge is 2.16. The number of rotatable bonds is 4. The molecule has 10 nitrogen and oxygen atoms in total. The number of aromatic hydroxyl groups is 1. The number of fused-ring (bicyclic) bond motifs is 1. The highest BCUT2D eigenvalue weighted by Crippen LogP contribution is 2.36. The van der Waals surface area contributed by atoms with E-state index in [4.69, 9.17) is 11.0 Å². The Balaban J connectivity index is 2.05. The number of nitrogens with one attached hydrogen (secondary N) is 1. The zero-order valence-electron chi connectivity index (χ0n) is 13.8. The first-order chi connectivity index (χ1) is 12.9. The largest absolute Gasteiger partial charge is 0.505 e. The monoisotopic (exact) mass is 381 g/mol. The van der Waals surface area contributed by atoms with Gasteiger partial charge in [0.25, 0.3) is 5.91 Å². The van der Waals surface area contributed by atoms with Crippen LogP contribution in [0.15, 0.2) is 34.8 Å². The zero-order valence-corrected chi connectivity index (χ0v) is 14.6. The average molecular weight is 381 g/mol. The van der Waals surface area contributed by atoms with Gasteiger partial charge in [-0.3, -0.25) is 14.6 Å². The molecule has 2 aromatic heterocycles. The molecule has 0 radical (unpaired) electrons. The standard InChI is InChI=1S/C16H11N7O3S/c1-7(24)20-12-3-9(2-10(14(12)25)15(18)26)21-22-16-11-6-19-5-8(4-17)13(11)23-27-16/h2-3,5-6,25H,1H3,(H2,18,26)(H,20,24)/b22-21+. The van der Waals surface area contributed by atoms with Crippen molar-refractivity contribution in [3.8, 4) is 11.8 Å². The van der Waals surface area contributed by atoms with E-state index < -0.39 is 17.6 Å². The third kappa shape index (κ3) is 3.55. The molecule has 134 valence electrons. The number of anilines is 1. The number of hydrogen-bond donors (Lipinski definition) is 3. The van der Waals surface area contributed by atoms with Crippen LogP contribution in [0.3, 0.4) is 0 Å². The Morgan fingerprint density at radius 2 is 2.11 bits per heavy atom. The summed E-state index contributed by atoms with van der Waals surface area (Å²) >= 11 is 1.03. The van der Waals surface area contributed by atoms with E-state index in [1.165, 1.54) is 31.5 Å². The number of nitrogens with zero attached hydrogens (tertiary/aromatic N) is 5. The van der Waals surface area contributed by atoms with Crippen molar-refractivity contribution in [3.63, 3.8) is 0 Å². The molecule has 11 heteroatoms. The number of hydrogen-bond acceptors (Lipinski definition) is 9. The lowest BCUT2D eigenvalue weighted by molar-refractivity contribution is -0.114. The number of azo groups is 1. The van der Waals surface area contributed by atoms with E-state index in [2.05, 4.69) is 24.9 Å². The van der Waals surface area contributed by atoms with Crippen LogP contribution < -0.4 is 11.1 Å². The molecule has 2 amide bonds. The van der Waals surface area contributed by atoms with E-state index in [0.29, 0.717) is 21.5 Å². The first-order valence-electron chi connectivity index (χ1n) is 7.40. The summed E-state index contributed by atoms with van der Waals surface area (Å²) in [6, 6.07) is 4.59. The molecule has 0 aliphatic rings. The summed E-state index contributed by atoms with van der Waals surface area (Å²) in [7, 11) is 0. The van der Waals surface area contributed by atoms with Crippen LogP contribution >= 0.6 is 11.5 Å². The summed E-state index contributed by atoms with van der Waals surface area (Å²) in [6.45, 7) is 1.25. The second-order valence-electron chi connectivity index (χ2n) is 5.32. The maximum Gasteiger partial charge on any atom is 0.252 e. The number of nitriles is 1. The molecule has 0 unspecified atom stereocenters. The summed E-state index contributed by atoms with van der Waals surface area (Å²) in [5, 5.41) is 30.6. The van der Waals surface area contributed by atoms with Gasteiger partial charge < -0.3 is 16.2 Å². The minimum atomic E-state index is -0.887. The van der Waals surface area contributed by atoms with Crippen LogP contribution in [0.1, 0.15) is 22.8 Å². The van der Waals surface area contributed by atoms with Gasteiger partial charge in [-0.1, -0.05) is 0 Å². The van der Waals surface area contributed by atoms with Gasteiger partial charge in [-0.15, -0.1) is 10.2 Å². The molecule has 27 heavy (non-hydrogen) atoms. The first kappa shape index (κ1) is 17.9. The van der Waals surface area contributed by atoms with Crippen molar-refractivity contribution in [2.75, 3.05) is 5.32 Å². The maximum absolute atomic E-state index is 11.5. The predicted octanol–water partition coefficient (Wildman–Crippen LogP) is 2.74. The minimum absolute atomic E-state index is 0.0182. The van der Waals surface area contributed by atoms with Gasteiger partial charge in [0.1, 0.15) is 11.6 Å². The van der Waals surface area contributed by atoms with E-state index in [0.717, 1.165) is 11.5 Å². The fourth-order valence-electron chi connectivity index (χ4n) is 2.25.